The normalized spacial score (nSPS) is 25.6. The second-order valence-electron chi connectivity index (χ2n) is 5.64. The summed E-state index contributed by atoms with van der Waals surface area (Å²) in [5.41, 5.74) is -0.203. The van der Waals surface area contributed by atoms with Crippen molar-refractivity contribution in [2.45, 2.75) is 25.4 Å². The molecule has 2 fully saturated rings. The Balaban J connectivity index is 1.79. The largest absolute Gasteiger partial charge is 0.363 e. The summed E-state index contributed by atoms with van der Waals surface area (Å²) >= 11 is 0. The topological polar surface area (TPSA) is 70.7 Å². The molecule has 0 spiro atoms. The molecule has 6 heteroatoms. The molecular formula is C13H23N3O3. The molecule has 2 heterocycles. The molecule has 0 aromatic rings. The van der Waals surface area contributed by atoms with Crippen molar-refractivity contribution in [1.82, 2.24) is 15.5 Å². The third kappa shape index (κ3) is 3.45. The molecule has 1 unspecified atom stereocenters. The number of rotatable bonds is 4. The monoisotopic (exact) mass is 269 g/mol. The lowest BCUT2D eigenvalue weighted by Gasteiger charge is -2.39. The first-order valence-corrected chi connectivity index (χ1v) is 6.88. The van der Waals surface area contributed by atoms with Crippen molar-refractivity contribution in [3.05, 3.63) is 0 Å². The molecule has 2 rings (SSSR count). The van der Waals surface area contributed by atoms with Crippen LogP contribution in [0.3, 0.4) is 0 Å². The predicted molar refractivity (Wildman–Crippen MR) is 70.6 cm³/mol. The van der Waals surface area contributed by atoms with E-state index in [9.17, 15) is 9.59 Å². The van der Waals surface area contributed by atoms with Crippen molar-refractivity contribution < 1.29 is 14.3 Å². The maximum Gasteiger partial charge on any atom is 0.248 e. The zero-order chi connectivity index (χ0) is 13.9. The number of amides is 2. The van der Waals surface area contributed by atoms with Gasteiger partial charge in [0.15, 0.2) is 0 Å². The van der Waals surface area contributed by atoms with E-state index < -0.39 is 0 Å². The minimum Gasteiger partial charge on any atom is -0.363 e. The summed E-state index contributed by atoms with van der Waals surface area (Å²) in [5.74, 6) is -0.0704. The van der Waals surface area contributed by atoms with Crippen molar-refractivity contribution >= 4 is 11.8 Å². The summed E-state index contributed by atoms with van der Waals surface area (Å²) in [6.07, 6.45) is 1.73. The summed E-state index contributed by atoms with van der Waals surface area (Å²) in [6, 6.07) is 0. The van der Waals surface area contributed by atoms with Crippen LogP contribution in [-0.4, -0.2) is 62.1 Å². The number of piperidine rings is 1. The van der Waals surface area contributed by atoms with Gasteiger partial charge in [0, 0.05) is 33.2 Å². The molecule has 6 nitrogen and oxygen atoms in total. The van der Waals surface area contributed by atoms with Gasteiger partial charge in [-0.2, -0.15) is 0 Å². The number of carbonyl (C=O) groups excluding carboxylic acids is 2. The van der Waals surface area contributed by atoms with E-state index >= 15 is 0 Å². The van der Waals surface area contributed by atoms with E-state index in [1.807, 2.05) is 6.92 Å². The van der Waals surface area contributed by atoms with E-state index in [2.05, 4.69) is 10.6 Å². The van der Waals surface area contributed by atoms with Crippen molar-refractivity contribution in [2.75, 3.05) is 39.8 Å². The Hall–Kier alpha value is -1.14. The van der Waals surface area contributed by atoms with E-state index in [0.29, 0.717) is 6.54 Å². The summed E-state index contributed by atoms with van der Waals surface area (Å²) in [4.78, 5) is 25.5. The van der Waals surface area contributed by atoms with Crippen LogP contribution in [0.4, 0.5) is 0 Å². The van der Waals surface area contributed by atoms with E-state index in [1.54, 1.807) is 11.9 Å². The van der Waals surface area contributed by atoms with Crippen molar-refractivity contribution in [2.24, 2.45) is 5.92 Å². The highest BCUT2D eigenvalue weighted by Gasteiger charge is 2.34. The van der Waals surface area contributed by atoms with Crippen LogP contribution in [0.25, 0.3) is 0 Å². The molecule has 2 amide bonds. The summed E-state index contributed by atoms with van der Waals surface area (Å²) in [6.45, 7) is 4.93. The standard InChI is InChI=1S/C13H23N3O3/c1-13(8-15-9-13)19-7-11(17)16-5-3-4-10(6-16)12(18)14-2/h10,15H,3-9H2,1-2H3,(H,14,18). The fourth-order valence-electron chi connectivity index (χ4n) is 2.53. The molecule has 108 valence electrons. The zero-order valence-electron chi connectivity index (χ0n) is 11.7. The molecule has 2 saturated heterocycles. The highest BCUT2D eigenvalue weighted by atomic mass is 16.5. The Morgan fingerprint density at radius 3 is 2.79 bits per heavy atom. The van der Waals surface area contributed by atoms with E-state index in [0.717, 1.165) is 32.5 Å². The SMILES string of the molecule is CNC(=O)C1CCCN(C(=O)COC2(C)CNC2)C1. The number of nitrogens with zero attached hydrogens (tertiary/aromatic N) is 1. The molecule has 0 radical (unpaired) electrons. The smallest absolute Gasteiger partial charge is 0.248 e. The predicted octanol–water partition coefficient (Wildman–Crippen LogP) is -0.650. The molecular weight excluding hydrogens is 246 g/mol. The van der Waals surface area contributed by atoms with Crippen LogP contribution in [0.2, 0.25) is 0 Å². The highest BCUT2D eigenvalue weighted by Crippen LogP contribution is 2.18. The van der Waals surface area contributed by atoms with Crippen molar-refractivity contribution in [3.63, 3.8) is 0 Å². The minimum atomic E-state index is -0.203. The van der Waals surface area contributed by atoms with Gasteiger partial charge in [-0.1, -0.05) is 0 Å². The van der Waals surface area contributed by atoms with Gasteiger partial charge >= 0.3 is 0 Å². The Labute approximate surface area is 113 Å². The number of hydrogen-bond donors (Lipinski definition) is 2. The van der Waals surface area contributed by atoms with E-state index in [1.165, 1.54) is 0 Å². The molecule has 2 N–H and O–H groups in total. The first kappa shape index (κ1) is 14.3. The lowest BCUT2D eigenvalue weighted by Crippen LogP contribution is -2.60. The number of ether oxygens (including phenoxy) is 1. The van der Waals surface area contributed by atoms with Crippen LogP contribution < -0.4 is 10.6 Å². The van der Waals surface area contributed by atoms with Crippen molar-refractivity contribution in [3.8, 4) is 0 Å². The Morgan fingerprint density at radius 2 is 2.21 bits per heavy atom. The van der Waals surface area contributed by atoms with Gasteiger partial charge in [-0.05, 0) is 19.8 Å². The van der Waals surface area contributed by atoms with Gasteiger partial charge in [-0.3, -0.25) is 9.59 Å². The highest BCUT2D eigenvalue weighted by molar-refractivity contribution is 5.81. The van der Waals surface area contributed by atoms with Crippen molar-refractivity contribution in [1.29, 1.82) is 0 Å². The summed E-state index contributed by atoms with van der Waals surface area (Å²) < 4.78 is 5.65. The zero-order valence-corrected chi connectivity index (χ0v) is 11.7. The number of hydrogen-bond acceptors (Lipinski definition) is 4. The van der Waals surface area contributed by atoms with E-state index in [-0.39, 0.29) is 29.9 Å². The molecule has 0 aromatic carbocycles. The van der Waals surface area contributed by atoms with Gasteiger partial charge in [0.05, 0.1) is 11.5 Å². The number of nitrogens with one attached hydrogen (secondary N) is 2. The average molecular weight is 269 g/mol. The third-order valence-electron chi connectivity index (χ3n) is 3.93. The second-order valence-corrected chi connectivity index (χ2v) is 5.64. The number of likely N-dealkylation sites (tertiary alicyclic amines) is 1. The second kappa shape index (κ2) is 5.88. The molecule has 2 aliphatic rings. The number of carbonyl (C=O) groups is 2. The first-order chi connectivity index (χ1) is 9.04. The maximum atomic E-state index is 12.1. The van der Waals surface area contributed by atoms with Gasteiger partial charge in [-0.15, -0.1) is 0 Å². The van der Waals surface area contributed by atoms with Crippen LogP contribution in [-0.2, 0) is 14.3 Å². The van der Waals surface area contributed by atoms with Crippen LogP contribution in [0.5, 0.6) is 0 Å². The fourth-order valence-corrected chi connectivity index (χ4v) is 2.53. The molecule has 2 aliphatic heterocycles. The van der Waals surface area contributed by atoms with Crippen LogP contribution >= 0.6 is 0 Å². The first-order valence-electron chi connectivity index (χ1n) is 6.88. The Kier molecular flexibility index (Phi) is 4.42. The van der Waals surface area contributed by atoms with Gasteiger partial charge in [0.25, 0.3) is 0 Å². The summed E-state index contributed by atoms with van der Waals surface area (Å²) in [5, 5.41) is 5.78. The van der Waals surface area contributed by atoms with Gasteiger partial charge in [0.1, 0.15) is 6.61 Å². The molecule has 0 saturated carbocycles. The van der Waals surface area contributed by atoms with E-state index in [4.69, 9.17) is 4.74 Å². The van der Waals surface area contributed by atoms with Gasteiger partial charge in [0.2, 0.25) is 11.8 Å². The summed E-state index contributed by atoms with van der Waals surface area (Å²) in [7, 11) is 1.64. The molecule has 0 aromatic heterocycles. The lowest BCUT2D eigenvalue weighted by molar-refractivity contribution is -0.148. The van der Waals surface area contributed by atoms with Crippen LogP contribution in [0, 0.1) is 5.92 Å². The quantitative estimate of drug-likeness (QED) is 0.711. The lowest BCUT2D eigenvalue weighted by atomic mass is 9.97. The maximum absolute atomic E-state index is 12.1. The molecule has 19 heavy (non-hydrogen) atoms. The molecule has 0 aliphatic carbocycles. The molecule has 0 bridgehead atoms. The van der Waals surface area contributed by atoms with Gasteiger partial charge < -0.3 is 20.3 Å². The average Bonchev–Trinajstić information content (AvgIpc) is 2.41. The van der Waals surface area contributed by atoms with Crippen LogP contribution in [0.1, 0.15) is 19.8 Å². The third-order valence-corrected chi connectivity index (χ3v) is 3.93. The van der Waals surface area contributed by atoms with Gasteiger partial charge in [-0.25, -0.2) is 0 Å². The fraction of sp³-hybridized carbons (Fsp3) is 0.846. The minimum absolute atomic E-state index is 0.0123. The Bertz CT molecular complexity index is 355. The van der Waals surface area contributed by atoms with Crippen LogP contribution in [0.15, 0.2) is 0 Å². The molecule has 1 atom stereocenters. The Morgan fingerprint density at radius 1 is 1.47 bits per heavy atom.